The zero-order valence-electron chi connectivity index (χ0n) is 15.3. The summed E-state index contributed by atoms with van der Waals surface area (Å²) in [4.78, 5) is 12.5. The highest BCUT2D eigenvalue weighted by molar-refractivity contribution is 5.84. The second-order valence-electron chi connectivity index (χ2n) is 6.25. The Hall–Kier alpha value is -3.01. The smallest absolute Gasteiger partial charge is 0.225 e. The van der Waals surface area contributed by atoms with Crippen molar-refractivity contribution in [3.8, 4) is 11.5 Å². The Morgan fingerprint density at radius 1 is 0.962 bits per heavy atom. The van der Waals surface area contributed by atoms with Crippen LogP contribution in [0.5, 0.6) is 11.5 Å². The largest absolute Gasteiger partial charge is 0.497 e. The molecule has 4 heteroatoms. The lowest BCUT2D eigenvalue weighted by Gasteiger charge is -2.16. The molecule has 0 aliphatic rings. The molecule has 3 aromatic rings. The van der Waals surface area contributed by atoms with Crippen LogP contribution in [0.3, 0.4) is 0 Å². The highest BCUT2D eigenvalue weighted by atomic mass is 16.5. The molecule has 3 aromatic carbocycles. The molecule has 1 N–H and O–H groups in total. The van der Waals surface area contributed by atoms with Crippen molar-refractivity contribution in [1.29, 1.82) is 0 Å². The second-order valence-corrected chi connectivity index (χ2v) is 6.25. The van der Waals surface area contributed by atoms with E-state index in [-0.39, 0.29) is 18.4 Å². The minimum Gasteiger partial charge on any atom is -0.497 e. The number of nitrogens with one attached hydrogen (secondary N) is 1. The Labute approximate surface area is 153 Å². The third-order valence-electron chi connectivity index (χ3n) is 4.49. The lowest BCUT2D eigenvalue weighted by molar-refractivity contribution is -0.121. The van der Waals surface area contributed by atoms with Gasteiger partial charge in [0.25, 0.3) is 0 Å². The van der Waals surface area contributed by atoms with Gasteiger partial charge in [0.05, 0.1) is 26.7 Å². The quantitative estimate of drug-likeness (QED) is 0.723. The highest BCUT2D eigenvalue weighted by Gasteiger charge is 2.14. The number of hydrogen-bond acceptors (Lipinski definition) is 3. The maximum atomic E-state index is 12.5. The molecule has 0 aromatic heterocycles. The summed E-state index contributed by atoms with van der Waals surface area (Å²) < 4.78 is 10.6. The molecule has 0 heterocycles. The van der Waals surface area contributed by atoms with Gasteiger partial charge in [-0.25, -0.2) is 0 Å². The van der Waals surface area contributed by atoms with Gasteiger partial charge < -0.3 is 14.8 Å². The number of rotatable bonds is 6. The van der Waals surface area contributed by atoms with Crippen LogP contribution < -0.4 is 14.8 Å². The van der Waals surface area contributed by atoms with E-state index in [9.17, 15) is 4.79 Å². The van der Waals surface area contributed by atoms with E-state index in [1.807, 2.05) is 37.3 Å². The molecule has 0 aliphatic heterocycles. The summed E-state index contributed by atoms with van der Waals surface area (Å²) >= 11 is 0. The predicted octanol–water partition coefficient (Wildman–Crippen LogP) is 4.28. The van der Waals surface area contributed by atoms with Crippen molar-refractivity contribution in [2.45, 2.75) is 19.4 Å². The van der Waals surface area contributed by atoms with Crippen LogP contribution in [0.2, 0.25) is 0 Å². The average molecular weight is 349 g/mol. The molecule has 4 nitrogen and oxygen atoms in total. The van der Waals surface area contributed by atoms with Crippen LogP contribution in [-0.4, -0.2) is 20.1 Å². The fourth-order valence-corrected chi connectivity index (χ4v) is 3.05. The molecule has 0 saturated heterocycles. The number of hydrogen-bond donors (Lipinski definition) is 1. The number of fused-ring (bicyclic) bond motifs is 1. The van der Waals surface area contributed by atoms with Gasteiger partial charge in [0.2, 0.25) is 5.91 Å². The van der Waals surface area contributed by atoms with Crippen molar-refractivity contribution >= 4 is 16.7 Å². The Morgan fingerprint density at radius 2 is 1.73 bits per heavy atom. The minimum absolute atomic E-state index is 0.0581. The summed E-state index contributed by atoms with van der Waals surface area (Å²) in [7, 11) is 3.20. The van der Waals surface area contributed by atoms with Gasteiger partial charge in [-0.1, -0.05) is 36.4 Å². The summed E-state index contributed by atoms with van der Waals surface area (Å²) in [5, 5.41) is 5.42. The predicted molar refractivity (Wildman–Crippen MR) is 104 cm³/mol. The number of benzene rings is 3. The third-order valence-corrected chi connectivity index (χ3v) is 4.49. The molecule has 0 aliphatic carbocycles. The maximum Gasteiger partial charge on any atom is 0.225 e. The molecule has 26 heavy (non-hydrogen) atoms. The summed E-state index contributed by atoms with van der Waals surface area (Å²) in [6.07, 6.45) is 0.234. The molecule has 1 unspecified atom stereocenters. The number of amides is 1. The second kappa shape index (κ2) is 7.91. The molecule has 134 valence electrons. The summed E-state index contributed by atoms with van der Waals surface area (Å²) in [5.74, 6) is 1.33. The molecular formula is C22H23NO3. The van der Waals surface area contributed by atoms with Gasteiger partial charge in [0.15, 0.2) is 0 Å². The zero-order chi connectivity index (χ0) is 18.5. The molecule has 0 spiro atoms. The third kappa shape index (κ3) is 3.97. The molecule has 0 bridgehead atoms. The van der Waals surface area contributed by atoms with Crippen molar-refractivity contribution in [1.82, 2.24) is 5.32 Å². The van der Waals surface area contributed by atoms with Crippen LogP contribution in [0.4, 0.5) is 0 Å². The first-order chi connectivity index (χ1) is 12.6. The van der Waals surface area contributed by atoms with Crippen molar-refractivity contribution in [2.75, 3.05) is 14.2 Å². The minimum atomic E-state index is -0.0799. The average Bonchev–Trinajstić information content (AvgIpc) is 2.67. The van der Waals surface area contributed by atoms with Gasteiger partial charge in [0, 0.05) is 5.56 Å². The van der Waals surface area contributed by atoms with E-state index >= 15 is 0 Å². The van der Waals surface area contributed by atoms with Crippen molar-refractivity contribution in [3.05, 3.63) is 71.8 Å². The van der Waals surface area contributed by atoms with Crippen LogP contribution >= 0.6 is 0 Å². The number of carbonyl (C=O) groups excluding carboxylic acids is 1. The van der Waals surface area contributed by atoms with Gasteiger partial charge in [-0.2, -0.15) is 0 Å². The molecule has 3 rings (SSSR count). The van der Waals surface area contributed by atoms with Gasteiger partial charge in [-0.15, -0.1) is 0 Å². The first-order valence-corrected chi connectivity index (χ1v) is 8.59. The van der Waals surface area contributed by atoms with E-state index in [0.29, 0.717) is 11.5 Å². The first-order valence-electron chi connectivity index (χ1n) is 8.59. The van der Waals surface area contributed by atoms with Gasteiger partial charge in [-0.05, 0) is 47.5 Å². The Balaban J connectivity index is 1.72. The maximum absolute atomic E-state index is 12.5. The lowest BCUT2D eigenvalue weighted by atomic mass is 10.0. The van der Waals surface area contributed by atoms with Crippen LogP contribution in [0, 0.1) is 0 Å². The van der Waals surface area contributed by atoms with Crippen LogP contribution in [0.1, 0.15) is 24.1 Å². The van der Waals surface area contributed by atoms with E-state index in [2.05, 4.69) is 35.6 Å². The Kier molecular flexibility index (Phi) is 5.42. The van der Waals surface area contributed by atoms with Crippen LogP contribution in [0.25, 0.3) is 10.8 Å². The summed E-state index contributed by atoms with van der Waals surface area (Å²) in [6.45, 7) is 1.99. The van der Waals surface area contributed by atoms with E-state index in [1.165, 1.54) is 10.8 Å². The molecule has 1 atom stereocenters. The van der Waals surface area contributed by atoms with Gasteiger partial charge >= 0.3 is 0 Å². The Morgan fingerprint density at radius 3 is 2.46 bits per heavy atom. The van der Waals surface area contributed by atoms with E-state index < -0.39 is 0 Å². The molecule has 1 amide bonds. The van der Waals surface area contributed by atoms with Crippen LogP contribution in [0.15, 0.2) is 60.7 Å². The van der Waals surface area contributed by atoms with Gasteiger partial charge in [0.1, 0.15) is 11.5 Å². The molecule has 0 fully saturated rings. The van der Waals surface area contributed by atoms with Crippen molar-refractivity contribution < 1.29 is 14.3 Å². The van der Waals surface area contributed by atoms with Crippen molar-refractivity contribution in [3.63, 3.8) is 0 Å². The highest BCUT2D eigenvalue weighted by Crippen LogP contribution is 2.25. The molecular weight excluding hydrogens is 326 g/mol. The summed E-state index contributed by atoms with van der Waals surface area (Å²) in [6, 6.07) is 19.8. The SMILES string of the molecule is COc1ccc(OC)c(CC(=O)NC(C)c2ccc3ccccc3c2)c1. The monoisotopic (exact) mass is 349 g/mol. The van der Waals surface area contributed by atoms with Gasteiger partial charge in [-0.3, -0.25) is 4.79 Å². The van der Waals surface area contributed by atoms with Crippen molar-refractivity contribution in [2.24, 2.45) is 0 Å². The molecule has 0 saturated carbocycles. The topological polar surface area (TPSA) is 47.6 Å². The normalized spacial score (nSPS) is 11.8. The van der Waals surface area contributed by atoms with E-state index in [1.54, 1.807) is 14.2 Å². The number of methoxy groups -OCH3 is 2. The first kappa shape index (κ1) is 17.8. The van der Waals surface area contributed by atoms with E-state index in [4.69, 9.17) is 9.47 Å². The Bertz CT molecular complexity index is 920. The summed E-state index contributed by atoms with van der Waals surface area (Å²) in [5.41, 5.74) is 1.88. The standard InChI is InChI=1S/C22H23NO3/c1-15(17-9-8-16-6-4-5-7-18(16)12-17)23-22(24)14-19-13-20(25-2)10-11-21(19)26-3/h4-13,15H,14H2,1-3H3,(H,23,24). The number of carbonyl (C=O) groups is 1. The molecule has 0 radical (unpaired) electrons. The lowest BCUT2D eigenvalue weighted by Crippen LogP contribution is -2.28. The van der Waals surface area contributed by atoms with Crippen LogP contribution in [-0.2, 0) is 11.2 Å². The number of ether oxygens (including phenoxy) is 2. The van der Waals surface area contributed by atoms with E-state index in [0.717, 1.165) is 11.1 Å². The fourth-order valence-electron chi connectivity index (χ4n) is 3.05. The zero-order valence-corrected chi connectivity index (χ0v) is 15.3. The fraction of sp³-hybridized carbons (Fsp3) is 0.227.